The number of rotatable bonds is 11. The van der Waals surface area contributed by atoms with E-state index in [0.717, 1.165) is 48.2 Å². The molecule has 14 heteroatoms. The van der Waals surface area contributed by atoms with Crippen molar-refractivity contribution in [2.75, 3.05) is 51.8 Å². The van der Waals surface area contributed by atoms with Crippen LogP contribution in [0.4, 0.5) is 18.9 Å². The summed E-state index contributed by atoms with van der Waals surface area (Å²) >= 11 is 0. The lowest BCUT2D eigenvalue weighted by Gasteiger charge is -2.30. The summed E-state index contributed by atoms with van der Waals surface area (Å²) in [7, 11) is 1.54. The summed E-state index contributed by atoms with van der Waals surface area (Å²) in [4.78, 5) is 43.6. The Bertz CT molecular complexity index is 2170. The number of nitrogens with one attached hydrogen (secondary N) is 2. The number of aromatic nitrogens is 5. The van der Waals surface area contributed by atoms with E-state index in [2.05, 4.69) is 55.6 Å². The van der Waals surface area contributed by atoms with Gasteiger partial charge in [0.2, 0.25) is 11.8 Å². The minimum absolute atomic E-state index is 0.000623. The molecule has 1 atom stereocenters. The number of fused-ring (bicyclic) bond motifs is 1. The average Bonchev–Trinajstić information content (AvgIpc) is 3.80. The smallest absolute Gasteiger partial charge is 0.384 e. The molecule has 7 rings (SSSR count). The lowest BCUT2D eigenvalue weighted by molar-refractivity contribution is -0.141. The summed E-state index contributed by atoms with van der Waals surface area (Å²) < 4.78 is 45.5. The first kappa shape index (κ1) is 36.9. The number of aryl methyl sites for hydroxylation is 1. The molecule has 1 unspecified atom stereocenters. The minimum Gasteiger partial charge on any atom is -0.384 e. The largest absolute Gasteiger partial charge is 0.433 e. The lowest BCUT2D eigenvalue weighted by atomic mass is 9.87. The maximum Gasteiger partial charge on any atom is 0.433 e. The standard InChI is InChI=1S/C40H41F3N8O3/c1-3-4-26-21-45-37(46-22-26)29-7-5-27(6-8-29)28-12-16-51(17-13-28)35(52)23-50-18-14-39(24-50,25-54-2)38(53)47-31-9-10-33-32(20-31)36(49-48-33)30-11-15-44-34(19-30)40(41,42)43/h5-12,15,19-22H,3-4,13-14,16-18,23-25H2,1-2H3,(H,47,53)(H,48,49). The monoisotopic (exact) mass is 738 g/mol. The number of carbonyl (C=O) groups excluding carboxylic acids is 2. The molecule has 11 nitrogen and oxygen atoms in total. The number of hydrogen-bond donors (Lipinski definition) is 2. The molecule has 1 fully saturated rings. The molecule has 0 saturated carbocycles. The van der Waals surface area contributed by atoms with Gasteiger partial charge in [-0.3, -0.25) is 24.6 Å². The zero-order valence-electron chi connectivity index (χ0n) is 30.1. The van der Waals surface area contributed by atoms with E-state index in [0.29, 0.717) is 60.7 Å². The molecule has 280 valence electrons. The van der Waals surface area contributed by atoms with Crippen LogP contribution in [0.3, 0.4) is 0 Å². The zero-order valence-corrected chi connectivity index (χ0v) is 30.1. The van der Waals surface area contributed by atoms with Gasteiger partial charge in [-0.25, -0.2) is 9.97 Å². The molecular weight excluding hydrogens is 697 g/mol. The molecule has 3 aromatic heterocycles. The quantitative estimate of drug-likeness (QED) is 0.154. The molecule has 2 aromatic carbocycles. The van der Waals surface area contributed by atoms with Crippen molar-refractivity contribution >= 4 is 34.0 Å². The van der Waals surface area contributed by atoms with Crippen molar-refractivity contribution in [3.8, 4) is 22.6 Å². The Balaban J connectivity index is 0.966. The number of amides is 2. The zero-order chi connectivity index (χ0) is 37.9. The van der Waals surface area contributed by atoms with E-state index in [1.165, 1.54) is 11.6 Å². The van der Waals surface area contributed by atoms with E-state index >= 15 is 0 Å². The normalized spacial score (nSPS) is 17.9. The first-order valence-electron chi connectivity index (χ1n) is 18.0. The highest BCUT2D eigenvalue weighted by atomic mass is 19.4. The molecule has 5 heterocycles. The fourth-order valence-electron chi connectivity index (χ4n) is 7.25. The van der Waals surface area contributed by atoms with Gasteiger partial charge in [0.25, 0.3) is 0 Å². The van der Waals surface area contributed by atoms with E-state index in [9.17, 15) is 22.8 Å². The molecule has 1 saturated heterocycles. The van der Waals surface area contributed by atoms with Crippen molar-refractivity contribution < 1.29 is 27.5 Å². The van der Waals surface area contributed by atoms with Crippen molar-refractivity contribution in [3.63, 3.8) is 0 Å². The van der Waals surface area contributed by atoms with Crippen LogP contribution in [0.25, 0.3) is 39.1 Å². The van der Waals surface area contributed by atoms with Crippen LogP contribution >= 0.6 is 0 Å². The van der Waals surface area contributed by atoms with Crippen molar-refractivity contribution in [2.24, 2.45) is 5.41 Å². The number of pyridine rings is 1. The van der Waals surface area contributed by atoms with Gasteiger partial charge >= 0.3 is 6.18 Å². The highest BCUT2D eigenvalue weighted by molar-refractivity contribution is 6.00. The number of ether oxygens (including phenoxy) is 1. The number of likely N-dealkylation sites (tertiary alicyclic amines) is 1. The summed E-state index contributed by atoms with van der Waals surface area (Å²) in [5.74, 6) is 0.439. The third-order valence-corrected chi connectivity index (χ3v) is 10.2. The van der Waals surface area contributed by atoms with Crippen LogP contribution in [-0.4, -0.2) is 93.2 Å². The molecule has 0 radical (unpaired) electrons. The molecule has 0 aliphatic carbocycles. The second kappa shape index (κ2) is 15.5. The number of H-pyrrole nitrogens is 1. The molecule has 2 aliphatic rings. The summed E-state index contributed by atoms with van der Waals surface area (Å²) in [6, 6.07) is 15.7. The van der Waals surface area contributed by atoms with Crippen molar-refractivity contribution in [1.82, 2.24) is 34.9 Å². The molecule has 2 aliphatic heterocycles. The van der Waals surface area contributed by atoms with Gasteiger partial charge in [0, 0.05) is 67.5 Å². The number of carbonyl (C=O) groups is 2. The van der Waals surface area contributed by atoms with Crippen LogP contribution in [0.1, 0.15) is 43.0 Å². The Kier molecular flexibility index (Phi) is 10.6. The van der Waals surface area contributed by atoms with Crippen LogP contribution < -0.4 is 5.32 Å². The maximum atomic E-state index is 13.9. The summed E-state index contributed by atoms with van der Waals surface area (Å²) in [5.41, 5.74) is 4.08. The van der Waals surface area contributed by atoms with Crippen molar-refractivity contribution in [3.05, 3.63) is 96.1 Å². The maximum absolute atomic E-state index is 13.9. The topological polar surface area (TPSA) is 129 Å². The predicted octanol–water partition coefficient (Wildman–Crippen LogP) is 6.65. The number of anilines is 1. The van der Waals surface area contributed by atoms with Crippen LogP contribution in [0.2, 0.25) is 0 Å². The van der Waals surface area contributed by atoms with Crippen LogP contribution in [0, 0.1) is 5.41 Å². The molecule has 2 N–H and O–H groups in total. The first-order valence-corrected chi connectivity index (χ1v) is 18.0. The number of methoxy groups -OCH3 is 1. The van der Waals surface area contributed by atoms with Gasteiger partial charge < -0.3 is 15.0 Å². The Morgan fingerprint density at radius 3 is 2.46 bits per heavy atom. The van der Waals surface area contributed by atoms with E-state index in [-0.39, 0.29) is 30.5 Å². The second-order valence-corrected chi connectivity index (χ2v) is 13.9. The number of nitrogens with zero attached hydrogens (tertiary/aromatic N) is 6. The minimum atomic E-state index is -4.60. The number of alkyl halides is 3. The number of aromatic amines is 1. The predicted molar refractivity (Wildman–Crippen MR) is 199 cm³/mol. The fourth-order valence-corrected chi connectivity index (χ4v) is 7.25. The molecular formula is C40H41F3N8O3. The fraction of sp³-hybridized carbons (Fsp3) is 0.350. The van der Waals surface area contributed by atoms with Gasteiger partial charge in [0.1, 0.15) is 11.4 Å². The number of benzene rings is 2. The van der Waals surface area contributed by atoms with Gasteiger partial charge in [-0.15, -0.1) is 0 Å². The Morgan fingerprint density at radius 2 is 1.76 bits per heavy atom. The van der Waals surface area contributed by atoms with Crippen molar-refractivity contribution in [2.45, 2.75) is 38.8 Å². The first-order chi connectivity index (χ1) is 26.0. The van der Waals surface area contributed by atoms with Crippen LogP contribution in [-0.2, 0) is 26.9 Å². The third-order valence-electron chi connectivity index (χ3n) is 10.2. The van der Waals surface area contributed by atoms with Gasteiger partial charge in [0.15, 0.2) is 5.82 Å². The van der Waals surface area contributed by atoms with E-state index < -0.39 is 17.3 Å². The SMILES string of the molecule is CCCc1cnc(-c2ccc(C3=CCN(C(=O)CN4CCC(COC)(C(=O)Nc5ccc6[nH]nc(-c7ccnc(C(F)(F)F)c7)c6c5)C4)CC3)cc2)nc1. The van der Waals surface area contributed by atoms with Gasteiger partial charge in [-0.1, -0.05) is 43.7 Å². The highest BCUT2D eigenvalue weighted by Crippen LogP contribution is 2.36. The number of hydrogen-bond acceptors (Lipinski definition) is 8. The van der Waals surface area contributed by atoms with Crippen LogP contribution in [0.15, 0.2) is 79.3 Å². The van der Waals surface area contributed by atoms with Gasteiger partial charge in [-0.05, 0) is 72.8 Å². The van der Waals surface area contributed by atoms with Gasteiger partial charge in [-0.2, -0.15) is 18.3 Å². The van der Waals surface area contributed by atoms with Crippen molar-refractivity contribution in [1.29, 1.82) is 0 Å². The Labute approximate surface area is 310 Å². The summed E-state index contributed by atoms with van der Waals surface area (Å²) in [6.45, 7) is 4.46. The Hall–Kier alpha value is -5.47. The van der Waals surface area contributed by atoms with E-state index in [1.807, 2.05) is 34.3 Å². The molecule has 0 spiro atoms. The number of halogens is 3. The molecule has 0 bridgehead atoms. The van der Waals surface area contributed by atoms with E-state index in [1.54, 1.807) is 25.3 Å². The summed E-state index contributed by atoms with van der Waals surface area (Å²) in [5, 5.41) is 10.6. The molecule has 2 amide bonds. The second-order valence-electron chi connectivity index (χ2n) is 13.9. The van der Waals surface area contributed by atoms with Gasteiger partial charge in [0.05, 0.1) is 24.1 Å². The Morgan fingerprint density at radius 1 is 0.981 bits per heavy atom. The lowest BCUT2D eigenvalue weighted by Crippen LogP contribution is -2.45. The summed E-state index contributed by atoms with van der Waals surface area (Å²) in [6.07, 6.45) is 5.61. The highest BCUT2D eigenvalue weighted by Gasteiger charge is 2.45. The van der Waals surface area contributed by atoms with E-state index in [4.69, 9.17) is 4.74 Å². The molecule has 54 heavy (non-hydrogen) atoms. The van der Waals surface area contributed by atoms with Crippen LogP contribution in [0.5, 0.6) is 0 Å². The molecule has 5 aromatic rings. The third kappa shape index (κ3) is 7.90. The average molecular weight is 739 g/mol.